The van der Waals surface area contributed by atoms with E-state index < -0.39 is 0 Å². The van der Waals surface area contributed by atoms with Crippen molar-refractivity contribution in [2.24, 2.45) is 0 Å². The van der Waals surface area contributed by atoms with Crippen molar-refractivity contribution in [1.82, 2.24) is 15.0 Å². The first-order valence-electron chi connectivity index (χ1n) is 7.52. The number of aryl methyl sites for hydroxylation is 1. The molecule has 6 nitrogen and oxygen atoms in total. The molecule has 0 unspecified atom stereocenters. The maximum atomic E-state index is 5.37. The molecule has 0 aliphatic carbocycles. The van der Waals surface area contributed by atoms with Crippen LogP contribution in [-0.2, 0) is 11.3 Å². The van der Waals surface area contributed by atoms with Gasteiger partial charge in [0.25, 0.3) is 0 Å². The second kappa shape index (κ2) is 6.70. The van der Waals surface area contributed by atoms with Crippen LogP contribution in [0.15, 0.2) is 30.5 Å². The molecule has 6 heteroatoms. The summed E-state index contributed by atoms with van der Waals surface area (Å²) < 4.78 is 5.37. The van der Waals surface area contributed by atoms with Gasteiger partial charge in [-0.1, -0.05) is 6.07 Å². The third-order valence-electron chi connectivity index (χ3n) is 3.66. The quantitative estimate of drug-likeness (QED) is 0.856. The topological polar surface area (TPSA) is 54.4 Å². The maximum absolute atomic E-state index is 5.37. The van der Waals surface area contributed by atoms with Gasteiger partial charge < -0.3 is 14.5 Å². The van der Waals surface area contributed by atoms with Gasteiger partial charge in [-0.25, -0.2) is 4.98 Å². The van der Waals surface area contributed by atoms with E-state index >= 15 is 0 Å². The molecule has 0 amide bonds. The maximum Gasteiger partial charge on any atom is 0.227 e. The lowest BCUT2D eigenvalue weighted by Gasteiger charge is -2.27. The van der Waals surface area contributed by atoms with E-state index in [0.29, 0.717) is 0 Å². The predicted octanol–water partition coefficient (Wildman–Crippen LogP) is 1.65. The predicted molar refractivity (Wildman–Crippen MR) is 86.1 cm³/mol. The number of hydrogen-bond acceptors (Lipinski definition) is 6. The largest absolute Gasteiger partial charge is 0.378 e. The van der Waals surface area contributed by atoms with E-state index in [2.05, 4.69) is 24.8 Å². The Morgan fingerprint density at radius 2 is 2.00 bits per heavy atom. The Morgan fingerprint density at radius 3 is 2.77 bits per heavy atom. The third kappa shape index (κ3) is 3.51. The summed E-state index contributed by atoms with van der Waals surface area (Å²) in [6, 6.07) is 8.00. The van der Waals surface area contributed by atoms with Crippen LogP contribution in [0.4, 0.5) is 11.8 Å². The van der Waals surface area contributed by atoms with E-state index in [9.17, 15) is 0 Å². The summed E-state index contributed by atoms with van der Waals surface area (Å²) in [6.07, 6.45) is 1.81. The molecule has 22 heavy (non-hydrogen) atoms. The molecule has 3 heterocycles. The van der Waals surface area contributed by atoms with Crippen molar-refractivity contribution >= 4 is 11.8 Å². The number of pyridine rings is 1. The van der Waals surface area contributed by atoms with Gasteiger partial charge in [0.1, 0.15) is 5.82 Å². The minimum absolute atomic E-state index is 0.723. The lowest BCUT2D eigenvalue weighted by atomic mass is 10.3. The van der Waals surface area contributed by atoms with E-state index in [0.717, 1.165) is 56.0 Å². The zero-order chi connectivity index (χ0) is 15.4. The van der Waals surface area contributed by atoms with Gasteiger partial charge in [0, 0.05) is 32.0 Å². The molecule has 2 aromatic heterocycles. The average molecular weight is 299 g/mol. The van der Waals surface area contributed by atoms with Crippen LogP contribution in [-0.4, -0.2) is 48.3 Å². The summed E-state index contributed by atoms with van der Waals surface area (Å²) in [4.78, 5) is 17.8. The molecule has 0 spiro atoms. The second-order valence-electron chi connectivity index (χ2n) is 5.44. The van der Waals surface area contributed by atoms with Crippen LogP contribution in [0.1, 0.15) is 11.4 Å². The van der Waals surface area contributed by atoms with Crippen molar-refractivity contribution in [3.63, 3.8) is 0 Å². The molecule has 0 radical (unpaired) electrons. The molecule has 0 bridgehead atoms. The highest BCUT2D eigenvalue weighted by atomic mass is 16.5. The summed E-state index contributed by atoms with van der Waals surface area (Å²) in [5.41, 5.74) is 2.07. The number of rotatable bonds is 4. The molecular formula is C16H21N5O. The van der Waals surface area contributed by atoms with Crippen LogP contribution < -0.4 is 9.80 Å². The highest BCUT2D eigenvalue weighted by Gasteiger charge is 2.15. The molecule has 1 saturated heterocycles. The molecule has 1 fully saturated rings. The lowest BCUT2D eigenvalue weighted by Crippen LogP contribution is -2.37. The highest BCUT2D eigenvalue weighted by Crippen LogP contribution is 2.16. The van der Waals surface area contributed by atoms with Crippen molar-refractivity contribution in [3.05, 3.63) is 41.9 Å². The van der Waals surface area contributed by atoms with Crippen molar-refractivity contribution < 1.29 is 4.74 Å². The van der Waals surface area contributed by atoms with Crippen LogP contribution in [0, 0.1) is 6.92 Å². The van der Waals surface area contributed by atoms with Gasteiger partial charge in [-0.05, 0) is 25.1 Å². The van der Waals surface area contributed by atoms with E-state index in [-0.39, 0.29) is 0 Å². The van der Waals surface area contributed by atoms with Crippen LogP contribution in [0.2, 0.25) is 0 Å². The molecule has 0 N–H and O–H groups in total. The number of hydrogen-bond donors (Lipinski definition) is 0. The Bertz CT molecular complexity index is 627. The summed E-state index contributed by atoms with van der Waals surface area (Å²) in [5, 5.41) is 0. The number of anilines is 2. The van der Waals surface area contributed by atoms with Gasteiger partial charge in [0.2, 0.25) is 5.95 Å². The van der Waals surface area contributed by atoms with Crippen LogP contribution >= 0.6 is 0 Å². The summed E-state index contributed by atoms with van der Waals surface area (Å²) in [6.45, 7) is 5.87. The number of nitrogens with zero attached hydrogens (tertiary/aromatic N) is 5. The van der Waals surface area contributed by atoms with Crippen molar-refractivity contribution in [2.75, 3.05) is 43.2 Å². The SMILES string of the molecule is Cc1cccc(CN(C)c2ccnc(N3CCOCC3)n2)n1. The molecule has 2 aromatic rings. The number of ether oxygens (including phenoxy) is 1. The fraction of sp³-hybridized carbons (Fsp3) is 0.438. The van der Waals surface area contributed by atoms with Gasteiger partial charge in [-0.15, -0.1) is 0 Å². The Hall–Kier alpha value is -2.21. The van der Waals surface area contributed by atoms with Gasteiger partial charge in [-0.2, -0.15) is 4.98 Å². The first kappa shape index (κ1) is 14.7. The minimum atomic E-state index is 0.723. The Kier molecular flexibility index (Phi) is 4.48. The summed E-state index contributed by atoms with van der Waals surface area (Å²) in [5.74, 6) is 1.67. The first-order valence-corrected chi connectivity index (χ1v) is 7.52. The molecule has 3 rings (SSSR count). The number of morpholine rings is 1. The number of aromatic nitrogens is 3. The zero-order valence-corrected chi connectivity index (χ0v) is 13.1. The molecule has 116 valence electrons. The molecular weight excluding hydrogens is 278 g/mol. The van der Waals surface area contributed by atoms with Gasteiger partial charge >= 0.3 is 0 Å². The normalized spacial score (nSPS) is 14.9. The first-order chi connectivity index (χ1) is 10.7. The molecule has 0 aromatic carbocycles. The second-order valence-corrected chi connectivity index (χ2v) is 5.44. The summed E-state index contributed by atoms with van der Waals surface area (Å²) >= 11 is 0. The standard InChI is InChI=1S/C16H21N5O/c1-13-4-3-5-14(18-13)12-20(2)15-6-7-17-16(19-15)21-8-10-22-11-9-21/h3-7H,8-12H2,1-2H3. The van der Waals surface area contributed by atoms with Gasteiger partial charge in [0.05, 0.1) is 25.5 Å². The van der Waals surface area contributed by atoms with E-state index in [4.69, 9.17) is 4.74 Å². The minimum Gasteiger partial charge on any atom is -0.378 e. The van der Waals surface area contributed by atoms with Gasteiger partial charge in [0.15, 0.2) is 0 Å². The van der Waals surface area contributed by atoms with Crippen LogP contribution in [0.3, 0.4) is 0 Å². The molecule has 1 aliphatic rings. The average Bonchev–Trinajstić information content (AvgIpc) is 2.56. The van der Waals surface area contributed by atoms with E-state index in [1.54, 1.807) is 0 Å². The van der Waals surface area contributed by atoms with Crippen LogP contribution in [0.25, 0.3) is 0 Å². The lowest BCUT2D eigenvalue weighted by molar-refractivity contribution is 0.122. The third-order valence-corrected chi connectivity index (χ3v) is 3.66. The zero-order valence-electron chi connectivity index (χ0n) is 13.1. The monoisotopic (exact) mass is 299 g/mol. The van der Waals surface area contributed by atoms with E-state index in [1.807, 2.05) is 44.4 Å². The summed E-state index contributed by atoms with van der Waals surface area (Å²) in [7, 11) is 2.02. The van der Waals surface area contributed by atoms with Crippen molar-refractivity contribution in [3.8, 4) is 0 Å². The molecule has 1 aliphatic heterocycles. The van der Waals surface area contributed by atoms with Crippen LogP contribution in [0.5, 0.6) is 0 Å². The smallest absolute Gasteiger partial charge is 0.227 e. The fourth-order valence-corrected chi connectivity index (χ4v) is 2.48. The van der Waals surface area contributed by atoms with Crippen molar-refractivity contribution in [2.45, 2.75) is 13.5 Å². The Labute approximate surface area is 130 Å². The van der Waals surface area contributed by atoms with Crippen molar-refractivity contribution in [1.29, 1.82) is 0 Å². The Balaban J connectivity index is 1.73. The Morgan fingerprint density at radius 1 is 1.18 bits per heavy atom. The highest BCUT2D eigenvalue weighted by molar-refractivity contribution is 5.43. The molecule has 0 atom stereocenters. The van der Waals surface area contributed by atoms with E-state index in [1.165, 1.54) is 0 Å². The van der Waals surface area contributed by atoms with Gasteiger partial charge in [-0.3, -0.25) is 4.98 Å². The molecule has 0 saturated carbocycles. The fourth-order valence-electron chi connectivity index (χ4n) is 2.48.